The molecule has 0 atom stereocenters. The van der Waals surface area contributed by atoms with Gasteiger partial charge in [0, 0.05) is 40.1 Å². The Morgan fingerprint density at radius 3 is 2.61 bits per heavy atom. The molecule has 1 fully saturated rings. The number of aromatic nitrogens is 4. The molecule has 1 saturated heterocycles. The molecule has 3 aromatic carbocycles. The Labute approximate surface area is 274 Å². The van der Waals surface area contributed by atoms with E-state index in [4.69, 9.17) is 16.3 Å². The number of esters is 1. The molecule has 46 heavy (non-hydrogen) atoms. The third-order valence-electron chi connectivity index (χ3n) is 8.76. The Kier molecular flexibility index (Phi) is 9.57. The number of carbonyl (C=O) groups excluding carboxylic acids is 1. The highest BCUT2D eigenvalue weighted by Gasteiger charge is 2.25. The van der Waals surface area contributed by atoms with Gasteiger partial charge in [-0.1, -0.05) is 80.9 Å². The van der Waals surface area contributed by atoms with Crippen molar-refractivity contribution in [3.8, 4) is 22.4 Å². The molecular formula is C37H41ClFN5O2. The van der Waals surface area contributed by atoms with E-state index in [9.17, 15) is 9.18 Å². The van der Waals surface area contributed by atoms with E-state index >= 15 is 0 Å². The Morgan fingerprint density at radius 2 is 1.87 bits per heavy atom. The average molecular weight is 642 g/mol. The molecule has 3 heterocycles. The van der Waals surface area contributed by atoms with E-state index in [1.54, 1.807) is 6.07 Å². The van der Waals surface area contributed by atoms with Crippen molar-refractivity contribution < 1.29 is 13.9 Å². The van der Waals surface area contributed by atoms with Crippen LogP contribution in [0.5, 0.6) is 0 Å². The number of H-pyrrole nitrogens is 1. The van der Waals surface area contributed by atoms with Gasteiger partial charge < -0.3 is 9.72 Å². The summed E-state index contributed by atoms with van der Waals surface area (Å²) < 4.78 is 21.6. The second-order valence-electron chi connectivity index (χ2n) is 13.2. The summed E-state index contributed by atoms with van der Waals surface area (Å²) in [5.74, 6) is 0.233. The van der Waals surface area contributed by atoms with Gasteiger partial charge in [0.25, 0.3) is 0 Å². The number of hydrogen-bond acceptors (Lipinski definition) is 5. The summed E-state index contributed by atoms with van der Waals surface area (Å²) in [6, 6.07) is 19.5. The minimum Gasteiger partial charge on any atom is -0.461 e. The predicted molar refractivity (Wildman–Crippen MR) is 181 cm³/mol. The second kappa shape index (κ2) is 13.8. The summed E-state index contributed by atoms with van der Waals surface area (Å²) in [6.07, 6.45) is 3.92. The van der Waals surface area contributed by atoms with E-state index < -0.39 is 5.97 Å². The number of fused-ring (bicyclic) bond motifs is 1. The van der Waals surface area contributed by atoms with Crippen LogP contribution in [0.4, 0.5) is 4.39 Å². The van der Waals surface area contributed by atoms with Crippen LogP contribution in [0.1, 0.15) is 68.1 Å². The maximum absolute atomic E-state index is 14.2. The number of benzene rings is 3. The first-order valence-corrected chi connectivity index (χ1v) is 16.5. The highest BCUT2D eigenvalue weighted by Crippen LogP contribution is 2.34. The van der Waals surface area contributed by atoms with Gasteiger partial charge in [-0.2, -0.15) is 0 Å². The summed E-state index contributed by atoms with van der Waals surface area (Å²) in [5, 5.41) is 10.2. The molecule has 0 saturated carbocycles. The Bertz CT molecular complexity index is 1840. The van der Waals surface area contributed by atoms with Crippen LogP contribution in [-0.4, -0.2) is 50.5 Å². The fourth-order valence-electron chi connectivity index (χ4n) is 6.21. The normalized spacial score (nSPS) is 14.5. The molecule has 0 bridgehead atoms. The van der Waals surface area contributed by atoms with Crippen molar-refractivity contribution in [1.82, 2.24) is 24.9 Å². The van der Waals surface area contributed by atoms with E-state index in [0.29, 0.717) is 40.6 Å². The zero-order chi connectivity index (χ0) is 32.4. The Balaban J connectivity index is 1.09. The number of ether oxygens (including phenoxy) is 1. The number of rotatable bonds is 10. The number of piperidine rings is 1. The van der Waals surface area contributed by atoms with Gasteiger partial charge in [0.2, 0.25) is 0 Å². The summed E-state index contributed by atoms with van der Waals surface area (Å²) in [6.45, 7) is 12.2. The molecule has 0 aliphatic carbocycles. The molecule has 0 amide bonds. The smallest absolute Gasteiger partial charge is 0.355 e. The first-order valence-electron chi connectivity index (χ1n) is 16.1. The Morgan fingerprint density at radius 1 is 1.07 bits per heavy atom. The van der Waals surface area contributed by atoms with E-state index in [0.717, 1.165) is 55.2 Å². The van der Waals surface area contributed by atoms with E-state index in [2.05, 4.69) is 76.5 Å². The summed E-state index contributed by atoms with van der Waals surface area (Å²) in [7, 11) is 0. The second-order valence-corrected chi connectivity index (χ2v) is 13.6. The maximum Gasteiger partial charge on any atom is 0.355 e. The third-order valence-corrected chi connectivity index (χ3v) is 9.08. The molecule has 2 aromatic heterocycles. The zero-order valence-electron chi connectivity index (χ0n) is 26.9. The summed E-state index contributed by atoms with van der Waals surface area (Å²) >= 11 is 6.78. The van der Waals surface area contributed by atoms with Gasteiger partial charge in [-0.3, -0.25) is 9.58 Å². The zero-order valence-corrected chi connectivity index (χ0v) is 27.6. The van der Waals surface area contributed by atoms with Gasteiger partial charge in [-0.05, 0) is 84.6 Å². The summed E-state index contributed by atoms with van der Waals surface area (Å²) in [4.78, 5) is 18.6. The van der Waals surface area contributed by atoms with Crippen molar-refractivity contribution in [1.29, 1.82) is 0 Å². The van der Waals surface area contributed by atoms with Crippen LogP contribution < -0.4 is 0 Å². The van der Waals surface area contributed by atoms with E-state index in [1.807, 2.05) is 24.7 Å². The van der Waals surface area contributed by atoms with E-state index in [-0.39, 0.29) is 17.4 Å². The third kappa shape index (κ3) is 7.18. The highest BCUT2D eigenvalue weighted by molar-refractivity contribution is 6.33. The van der Waals surface area contributed by atoms with Gasteiger partial charge in [0.15, 0.2) is 0 Å². The fourth-order valence-corrected chi connectivity index (χ4v) is 6.52. The van der Waals surface area contributed by atoms with Crippen molar-refractivity contribution in [3.05, 3.63) is 94.5 Å². The molecule has 0 radical (unpaired) electrons. The highest BCUT2D eigenvalue weighted by atomic mass is 35.5. The molecule has 5 aromatic rings. The van der Waals surface area contributed by atoms with Crippen LogP contribution in [0.25, 0.3) is 33.3 Å². The largest absolute Gasteiger partial charge is 0.461 e. The molecule has 1 N–H and O–H groups in total. The van der Waals surface area contributed by atoms with Crippen molar-refractivity contribution in [2.24, 2.45) is 11.8 Å². The first-order chi connectivity index (χ1) is 22.1. The van der Waals surface area contributed by atoms with Crippen LogP contribution in [0.2, 0.25) is 5.02 Å². The van der Waals surface area contributed by atoms with Gasteiger partial charge in [-0.15, -0.1) is 5.10 Å². The lowest BCUT2D eigenvalue weighted by atomic mass is 9.95. The van der Waals surface area contributed by atoms with E-state index in [1.165, 1.54) is 23.3 Å². The van der Waals surface area contributed by atoms with Crippen LogP contribution >= 0.6 is 11.6 Å². The quantitative estimate of drug-likeness (QED) is 0.154. The van der Waals surface area contributed by atoms with Crippen LogP contribution in [-0.2, 0) is 17.8 Å². The average Bonchev–Trinajstić information content (AvgIpc) is 3.65. The first kappa shape index (κ1) is 32.0. The standard InChI is InChI=1S/C37H41ClFN5O2/c1-23(2)22-46-37(45)36-35(31-18-29(39)9-11-33(31)40-36)34-21-44(42-41-34)20-25-12-14-43(15-13-25)19-26-8-10-30(32(38)16-26)28-7-5-6-27(17-28)24(3)4/h5-11,16-18,21,23-25,40H,12-15,19-20,22H2,1-4H3. The van der Waals surface area contributed by atoms with Crippen molar-refractivity contribution in [3.63, 3.8) is 0 Å². The minimum absolute atomic E-state index is 0.192. The fraction of sp³-hybridized carbons (Fsp3) is 0.378. The SMILES string of the molecule is CC(C)COC(=O)c1[nH]c2ccc(F)cc2c1-c1cn(CC2CCN(Cc3ccc(-c4cccc(C(C)C)c4)c(Cl)c3)CC2)nn1. The number of likely N-dealkylation sites (tertiary alicyclic amines) is 1. The lowest BCUT2D eigenvalue weighted by Crippen LogP contribution is -2.34. The maximum atomic E-state index is 14.2. The topological polar surface area (TPSA) is 76.0 Å². The monoisotopic (exact) mass is 641 g/mol. The van der Waals surface area contributed by atoms with Crippen molar-refractivity contribution in [2.75, 3.05) is 19.7 Å². The van der Waals surface area contributed by atoms with Crippen LogP contribution in [0.3, 0.4) is 0 Å². The predicted octanol–water partition coefficient (Wildman–Crippen LogP) is 8.73. The van der Waals surface area contributed by atoms with Crippen LogP contribution in [0.15, 0.2) is 66.9 Å². The van der Waals surface area contributed by atoms with Gasteiger partial charge in [-0.25, -0.2) is 9.18 Å². The number of halogens is 2. The van der Waals surface area contributed by atoms with Gasteiger partial charge in [0.05, 0.1) is 12.8 Å². The molecule has 1 aliphatic heterocycles. The number of hydrogen-bond donors (Lipinski definition) is 1. The number of nitrogens with zero attached hydrogens (tertiary/aromatic N) is 4. The Hall–Kier alpha value is -4.01. The number of carbonyl (C=O) groups is 1. The van der Waals surface area contributed by atoms with Gasteiger partial charge >= 0.3 is 5.97 Å². The molecule has 0 spiro atoms. The molecule has 1 aliphatic rings. The molecular weight excluding hydrogens is 601 g/mol. The van der Waals surface area contributed by atoms with Crippen LogP contribution in [0, 0.1) is 17.7 Å². The molecule has 0 unspecified atom stereocenters. The number of nitrogens with one attached hydrogen (secondary N) is 1. The molecule has 6 rings (SSSR count). The lowest BCUT2D eigenvalue weighted by molar-refractivity contribution is 0.0454. The van der Waals surface area contributed by atoms with Crippen molar-refractivity contribution >= 4 is 28.5 Å². The molecule has 7 nitrogen and oxygen atoms in total. The van der Waals surface area contributed by atoms with Crippen molar-refractivity contribution in [2.45, 2.75) is 59.5 Å². The molecule has 240 valence electrons. The lowest BCUT2D eigenvalue weighted by Gasteiger charge is -2.32. The number of aromatic amines is 1. The molecule has 9 heteroatoms. The van der Waals surface area contributed by atoms with Gasteiger partial charge in [0.1, 0.15) is 17.2 Å². The summed E-state index contributed by atoms with van der Waals surface area (Å²) in [5.41, 5.74) is 6.68. The minimum atomic E-state index is -0.488.